The number of nitrogens with zero attached hydrogens (tertiary/aromatic N) is 3. The summed E-state index contributed by atoms with van der Waals surface area (Å²) in [6, 6.07) is 1.96. The minimum absolute atomic E-state index is 0.211. The molecule has 1 aliphatic rings. The predicted molar refractivity (Wildman–Crippen MR) is 46.1 cm³/mol. The number of fused-ring (bicyclic) bond motifs is 1. The monoisotopic (exact) mass is 178 g/mol. The summed E-state index contributed by atoms with van der Waals surface area (Å²) in [6.07, 6.45) is 3.87. The molecule has 1 N–H and O–H groups in total. The predicted octanol–water partition coefficient (Wildman–Crippen LogP) is 1.31. The highest BCUT2D eigenvalue weighted by Crippen LogP contribution is 2.33. The van der Waals surface area contributed by atoms with Crippen molar-refractivity contribution in [1.82, 2.24) is 14.8 Å². The van der Waals surface area contributed by atoms with Crippen molar-refractivity contribution in [3.05, 3.63) is 28.8 Å². The number of rotatable bonds is 1. The number of hydrogen-bond acceptors (Lipinski definition) is 4. The molecular formula is C7H6N4S. The maximum Gasteiger partial charge on any atom is 0.160 e. The van der Waals surface area contributed by atoms with E-state index >= 15 is 0 Å². The average Bonchev–Trinajstić information content (AvgIpc) is 2.62. The SMILES string of the molecule is c1cc2n(n1)C(c1cncs1)N2. The lowest BCUT2D eigenvalue weighted by Gasteiger charge is -2.29. The lowest BCUT2D eigenvalue weighted by Crippen LogP contribution is -2.31. The van der Waals surface area contributed by atoms with E-state index in [0.29, 0.717) is 0 Å². The van der Waals surface area contributed by atoms with Gasteiger partial charge in [0.2, 0.25) is 0 Å². The fourth-order valence-corrected chi connectivity index (χ4v) is 1.97. The van der Waals surface area contributed by atoms with Gasteiger partial charge in [0, 0.05) is 12.3 Å². The fourth-order valence-electron chi connectivity index (χ4n) is 1.32. The number of anilines is 1. The minimum Gasteiger partial charge on any atom is -0.344 e. The van der Waals surface area contributed by atoms with Crippen molar-refractivity contribution in [2.24, 2.45) is 0 Å². The Morgan fingerprint density at radius 3 is 3.33 bits per heavy atom. The molecule has 3 heterocycles. The smallest absolute Gasteiger partial charge is 0.160 e. The molecule has 5 heteroatoms. The molecule has 60 valence electrons. The van der Waals surface area contributed by atoms with E-state index in [9.17, 15) is 0 Å². The van der Waals surface area contributed by atoms with Crippen LogP contribution in [-0.4, -0.2) is 14.8 Å². The van der Waals surface area contributed by atoms with Crippen LogP contribution in [0.5, 0.6) is 0 Å². The first-order valence-corrected chi connectivity index (χ1v) is 4.51. The van der Waals surface area contributed by atoms with E-state index in [1.807, 2.05) is 22.5 Å². The third-order valence-electron chi connectivity index (χ3n) is 1.92. The normalized spacial score (nSPS) is 19.5. The van der Waals surface area contributed by atoms with Gasteiger partial charge in [-0.15, -0.1) is 11.3 Å². The summed E-state index contributed by atoms with van der Waals surface area (Å²) < 4.78 is 1.95. The topological polar surface area (TPSA) is 42.7 Å². The Hall–Kier alpha value is -1.36. The van der Waals surface area contributed by atoms with Crippen LogP contribution in [0.15, 0.2) is 24.0 Å². The zero-order chi connectivity index (χ0) is 7.97. The molecule has 3 rings (SSSR count). The summed E-state index contributed by atoms with van der Waals surface area (Å²) in [5.41, 5.74) is 1.83. The highest BCUT2D eigenvalue weighted by atomic mass is 32.1. The fraction of sp³-hybridized carbons (Fsp3) is 0.143. The van der Waals surface area contributed by atoms with Gasteiger partial charge in [0.25, 0.3) is 0 Å². The molecule has 0 amide bonds. The summed E-state index contributed by atoms with van der Waals surface area (Å²) in [5, 5.41) is 7.45. The standard InChI is InChI=1S/C7H6N4S/c1-2-9-11-6(1)10-7(11)5-3-8-4-12-5/h1-4,7,10H. The Kier molecular flexibility index (Phi) is 1.07. The number of thiazole rings is 1. The average molecular weight is 178 g/mol. The highest BCUT2D eigenvalue weighted by molar-refractivity contribution is 7.09. The molecule has 0 bridgehead atoms. The second kappa shape index (κ2) is 2.07. The van der Waals surface area contributed by atoms with Crippen LogP contribution in [0.4, 0.5) is 5.82 Å². The molecule has 1 atom stereocenters. The molecule has 2 aromatic heterocycles. The van der Waals surface area contributed by atoms with Crippen molar-refractivity contribution in [2.45, 2.75) is 6.17 Å². The van der Waals surface area contributed by atoms with Gasteiger partial charge in [-0.1, -0.05) is 0 Å². The van der Waals surface area contributed by atoms with Gasteiger partial charge in [-0.2, -0.15) is 5.10 Å². The van der Waals surface area contributed by atoms with Crippen molar-refractivity contribution in [1.29, 1.82) is 0 Å². The molecule has 1 unspecified atom stereocenters. The quantitative estimate of drug-likeness (QED) is 0.716. The van der Waals surface area contributed by atoms with Gasteiger partial charge in [-0.25, -0.2) is 4.68 Å². The molecule has 0 radical (unpaired) electrons. The molecule has 0 aliphatic carbocycles. The maximum atomic E-state index is 4.17. The molecular weight excluding hydrogens is 172 g/mol. The van der Waals surface area contributed by atoms with Crippen molar-refractivity contribution >= 4 is 17.2 Å². The molecule has 0 fully saturated rings. The molecule has 1 aliphatic heterocycles. The lowest BCUT2D eigenvalue weighted by molar-refractivity contribution is 0.521. The van der Waals surface area contributed by atoms with E-state index in [1.165, 1.54) is 4.88 Å². The van der Waals surface area contributed by atoms with E-state index < -0.39 is 0 Å². The van der Waals surface area contributed by atoms with Crippen LogP contribution in [-0.2, 0) is 0 Å². The van der Waals surface area contributed by atoms with E-state index in [4.69, 9.17) is 0 Å². The van der Waals surface area contributed by atoms with Gasteiger partial charge in [0.05, 0.1) is 16.6 Å². The first-order valence-electron chi connectivity index (χ1n) is 3.63. The van der Waals surface area contributed by atoms with Crippen LogP contribution >= 0.6 is 11.3 Å². The molecule has 12 heavy (non-hydrogen) atoms. The summed E-state index contributed by atoms with van der Waals surface area (Å²) in [7, 11) is 0. The lowest BCUT2D eigenvalue weighted by atomic mass is 10.3. The Bertz CT molecular complexity index is 391. The Balaban J connectivity index is 2.02. The molecule has 2 aromatic rings. The zero-order valence-corrected chi connectivity index (χ0v) is 6.95. The van der Waals surface area contributed by atoms with E-state index in [1.54, 1.807) is 17.5 Å². The third kappa shape index (κ3) is 0.660. The Labute approximate surface area is 72.9 Å². The van der Waals surface area contributed by atoms with Crippen LogP contribution in [0.25, 0.3) is 0 Å². The van der Waals surface area contributed by atoms with Crippen molar-refractivity contribution in [3.63, 3.8) is 0 Å². The van der Waals surface area contributed by atoms with Gasteiger partial charge < -0.3 is 5.32 Å². The molecule has 0 saturated carbocycles. The largest absolute Gasteiger partial charge is 0.344 e. The van der Waals surface area contributed by atoms with Crippen molar-refractivity contribution < 1.29 is 0 Å². The minimum atomic E-state index is 0.211. The van der Waals surface area contributed by atoms with Gasteiger partial charge in [0.1, 0.15) is 5.82 Å². The van der Waals surface area contributed by atoms with E-state index in [-0.39, 0.29) is 6.17 Å². The van der Waals surface area contributed by atoms with Crippen molar-refractivity contribution in [2.75, 3.05) is 5.32 Å². The van der Waals surface area contributed by atoms with Crippen LogP contribution in [0.1, 0.15) is 11.0 Å². The molecule has 0 saturated heterocycles. The Morgan fingerprint density at radius 2 is 2.58 bits per heavy atom. The van der Waals surface area contributed by atoms with Crippen LogP contribution in [0, 0.1) is 0 Å². The zero-order valence-electron chi connectivity index (χ0n) is 6.14. The summed E-state index contributed by atoms with van der Waals surface area (Å²) in [4.78, 5) is 5.22. The molecule has 4 nitrogen and oxygen atoms in total. The first-order chi connectivity index (χ1) is 5.95. The van der Waals surface area contributed by atoms with Gasteiger partial charge >= 0.3 is 0 Å². The second-order valence-corrected chi connectivity index (χ2v) is 3.53. The summed E-state index contributed by atoms with van der Waals surface area (Å²) in [6.45, 7) is 0. The third-order valence-corrected chi connectivity index (χ3v) is 2.75. The van der Waals surface area contributed by atoms with Crippen molar-refractivity contribution in [3.8, 4) is 0 Å². The highest BCUT2D eigenvalue weighted by Gasteiger charge is 2.27. The summed E-state index contributed by atoms with van der Waals surface area (Å²) >= 11 is 1.64. The summed E-state index contributed by atoms with van der Waals surface area (Å²) in [5.74, 6) is 1.08. The maximum absolute atomic E-state index is 4.17. The second-order valence-electron chi connectivity index (χ2n) is 2.61. The van der Waals surface area contributed by atoms with Gasteiger partial charge in [0.15, 0.2) is 6.17 Å². The van der Waals surface area contributed by atoms with Crippen LogP contribution in [0.3, 0.4) is 0 Å². The number of hydrogen-bond donors (Lipinski definition) is 1. The van der Waals surface area contributed by atoms with Crippen LogP contribution in [0.2, 0.25) is 0 Å². The van der Waals surface area contributed by atoms with Gasteiger partial charge in [-0.05, 0) is 0 Å². The number of nitrogens with one attached hydrogen (secondary N) is 1. The Morgan fingerprint density at radius 1 is 1.58 bits per heavy atom. The molecule has 0 spiro atoms. The van der Waals surface area contributed by atoms with E-state index in [0.717, 1.165) is 5.82 Å². The number of aromatic nitrogens is 3. The molecule has 0 aromatic carbocycles. The van der Waals surface area contributed by atoms with Crippen LogP contribution < -0.4 is 5.32 Å². The first kappa shape index (κ1) is 6.19. The van der Waals surface area contributed by atoms with Gasteiger partial charge in [-0.3, -0.25) is 4.98 Å². The van der Waals surface area contributed by atoms with E-state index in [2.05, 4.69) is 15.4 Å².